The minimum atomic E-state index is -0.267. The van der Waals surface area contributed by atoms with Gasteiger partial charge >= 0.3 is 6.01 Å². The number of aromatic nitrogens is 3. The highest BCUT2D eigenvalue weighted by atomic mass is 16.5. The van der Waals surface area contributed by atoms with E-state index in [1.807, 2.05) is 24.3 Å². The zero-order valence-electron chi connectivity index (χ0n) is 15.4. The third-order valence-corrected chi connectivity index (χ3v) is 4.54. The van der Waals surface area contributed by atoms with Crippen LogP contribution in [0.15, 0.2) is 61.1 Å². The topological polar surface area (TPSA) is 80.2 Å². The maximum Gasteiger partial charge on any atom is 0.323 e. The number of rotatable bonds is 6. The molecule has 142 valence electrons. The minimum Gasteiger partial charge on any atom is -0.405 e. The predicted molar refractivity (Wildman–Crippen MR) is 105 cm³/mol. The fourth-order valence-electron chi connectivity index (χ4n) is 3.08. The van der Waals surface area contributed by atoms with E-state index in [1.165, 1.54) is 43.9 Å². The molecule has 1 aliphatic rings. The third kappa shape index (κ3) is 4.69. The fourth-order valence-corrected chi connectivity index (χ4v) is 3.08. The molecule has 1 fully saturated rings. The lowest BCUT2D eigenvalue weighted by Gasteiger charge is -2.14. The molecule has 0 unspecified atom stereocenters. The van der Waals surface area contributed by atoms with Gasteiger partial charge in [0.25, 0.3) is 5.91 Å². The molecule has 1 saturated heterocycles. The Hall–Kier alpha value is -3.32. The number of nitrogens with zero attached hydrogens (tertiary/aromatic N) is 4. The van der Waals surface area contributed by atoms with Gasteiger partial charge in [0, 0.05) is 36.9 Å². The lowest BCUT2D eigenvalue weighted by molar-refractivity contribution is 0.102. The van der Waals surface area contributed by atoms with E-state index in [2.05, 4.69) is 25.2 Å². The first-order chi connectivity index (χ1) is 13.8. The maximum atomic E-state index is 12.4. The smallest absolute Gasteiger partial charge is 0.323 e. The van der Waals surface area contributed by atoms with E-state index in [-0.39, 0.29) is 11.9 Å². The number of carbonyl (C=O) groups excluding carboxylic acids is 1. The number of ether oxygens (including phenoxy) is 1. The van der Waals surface area contributed by atoms with Crippen molar-refractivity contribution < 1.29 is 9.53 Å². The van der Waals surface area contributed by atoms with E-state index < -0.39 is 0 Å². The molecule has 1 amide bonds. The number of nitrogens with one attached hydrogen (secondary N) is 1. The third-order valence-electron chi connectivity index (χ3n) is 4.54. The monoisotopic (exact) mass is 375 g/mol. The first kappa shape index (κ1) is 18.1. The van der Waals surface area contributed by atoms with Crippen molar-refractivity contribution >= 4 is 11.6 Å². The maximum absolute atomic E-state index is 12.4. The largest absolute Gasteiger partial charge is 0.405 e. The summed E-state index contributed by atoms with van der Waals surface area (Å²) in [7, 11) is 0. The molecule has 1 N–H and O–H groups in total. The van der Waals surface area contributed by atoms with E-state index in [0.717, 1.165) is 12.2 Å². The van der Waals surface area contributed by atoms with E-state index in [9.17, 15) is 4.79 Å². The Morgan fingerprint density at radius 1 is 1.00 bits per heavy atom. The molecule has 28 heavy (non-hydrogen) atoms. The van der Waals surface area contributed by atoms with Crippen LogP contribution in [0.2, 0.25) is 0 Å². The van der Waals surface area contributed by atoms with Crippen molar-refractivity contribution in [3.63, 3.8) is 0 Å². The summed E-state index contributed by atoms with van der Waals surface area (Å²) in [4.78, 5) is 27.0. The molecule has 4 rings (SSSR count). The molecule has 1 aromatic carbocycles. The minimum absolute atomic E-state index is 0.140. The van der Waals surface area contributed by atoms with Gasteiger partial charge in [-0.3, -0.25) is 9.69 Å². The van der Waals surface area contributed by atoms with Crippen molar-refractivity contribution in [2.45, 2.75) is 19.4 Å². The molecule has 0 bridgehead atoms. The van der Waals surface area contributed by atoms with Crippen LogP contribution < -0.4 is 10.1 Å². The molecule has 0 spiro atoms. The number of pyridine rings is 1. The Morgan fingerprint density at radius 3 is 2.43 bits per heavy atom. The van der Waals surface area contributed by atoms with Gasteiger partial charge < -0.3 is 10.1 Å². The number of hydrogen-bond acceptors (Lipinski definition) is 6. The molecule has 0 aliphatic carbocycles. The highest BCUT2D eigenvalue weighted by molar-refractivity contribution is 6.03. The molecule has 3 aromatic rings. The summed E-state index contributed by atoms with van der Waals surface area (Å²) >= 11 is 0. The second-order valence-electron chi connectivity index (χ2n) is 6.66. The number of likely N-dealkylation sites (tertiary alicyclic amines) is 1. The summed E-state index contributed by atoms with van der Waals surface area (Å²) in [6, 6.07) is 13.4. The van der Waals surface area contributed by atoms with Gasteiger partial charge in [-0.2, -0.15) is 0 Å². The van der Waals surface area contributed by atoms with Gasteiger partial charge in [-0.15, -0.1) is 0 Å². The van der Waals surface area contributed by atoms with Crippen LogP contribution in [0.25, 0.3) is 0 Å². The van der Waals surface area contributed by atoms with Gasteiger partial charge in [-0.1, -0.05) is 18.2 Å². The van der Waals surface area contributed by atoms with Crippen molar-refractivity contribution in [1.29, 1.82) is 0 Å². The summed E-state index contributed by atoms with van der Waals surface area (Å²) in [6.45, 7) is 3.29. The quantitative estimate of drug-likeness (QED) is 0.710. The molecule has 7 nitrogen and oxygen atoms in total. The Kier molecular flexibility index (Phi) is 5.53. The normalized spacial score (nSPS) is 14.0. The zero-order chi connectivity index (χ0) is 19.2. The Bertz CT molecular complexity index is 908. The average Bonchev–Trinajstić information content (AvgIpc) is 3.24. The second kappa shape index (κ2) is 8.58. The van der Waals surface area contributed by atoms with Gasteiger partial charge in [0.1, 0.15) is 0 Å². The number of benzene rings is 1. The SMILES string of the molecule is O=C(Nc1ccc(CN2CCCC2)cc1)c1cnc(Oc2ccccn2)nc1. The first-order valence-electron chi connectivity index (χ1n) is 9.30. The van der Waals surface area contributed by atoms with Gasteiger partial charge in [0.2, 0.25) is 5.88 Å². The van der Waals surface area contributed by atoms with Crippen LogP contribution >= 0.6 is 0 Å². The first-order valence-corrected chi connectivity index (χ1v) is 9.30. The van der Waals surface area contributed by atoms with Crippen LogP contribution in [0.4, 0.5) is 5.69 Å². The van der Waals surface area contributed by atoms with E-state index in [0.29, 0.717) is 11.4 Å². The number of hydrogen-bond donors (Lipinski definition) is 1. The van der Waals surface area contributed by atoms with E-state index in [4.69, 9.17) is 4.74 Å². The van der Waals surface area contributed by atoms with Crippen LogP contribution in [0.5, 0.6) is 11.9 Å². The number of carbonyl (C=O) groups is 1. The highest BCUT2D eigenvalue weighted by Crippen LogP contribution is 2.17. The standard InChI is InChI=1S/C21H21N5O2/c27-20(17-13-23-21(24-14-17)28-19-5-1-2-10-22-19)25-18-8-6-16(7-9-18)15-26-11-3-4-12-26/h1-2,5-10,13-14H,3-4,11-12,15H2,(H,25,27). The van der Waals surface area contributed by atoms with Crippen molar-refractivity contribution in [2.75, 3.05) is 18.4 Å². The lowest BCUT2D eigenvalue weighted by atomic mass is 10.2. The Morgan fingerprint density at radius 2 is 1.75 bits per heavy atom. The van der Waals surface area contributed by atoms with Crippen LogP contribution in [0.3, 0.4) is 0 Å². The van der Waals surface area contributed by atoms with Gasteiger partial charge in [-0.25, -0.2) is 15.0 Å². The average molecular weight is 375 g/mol. The number of anilines is 1. The summed E-state index contributed by atoms with van der Waals surface area (Å²) in [5.74, 6) is 0.130. The summed E-state index contributed by atoms with van der Waals surface area (Å²) < 4.78 is 5.43. The van der Waals surface area contributed by atoms with Crippen LogP contribution in [0, 0.1) is 0 Å². The molecule has 0 saturated carbocycles. The fraction of sp³-hybridized carbons (Fsp3) is 0.238. The summed E-state index contributed by atoms with van der Waals surface area (Å²) in [5.41, 5.74) is 2.35. The van der Waals surface area contributed by atoms with Crippen molar-refractivity contribution in [3.05, 3.63) is 72.2 Å². The van der Waals surface area contributed by atoms with Crippen LogP contribution in [-0.4, -0.2) is 38.8 Å². The van der Waals surface area contributed by atoms with Gasteiger partial charge in [-0.05, 0) is 49.7 Å². The zero-order valence-corrected chi connectivity index (χ0v) is 15.4. The highest BCUT2D eigenvalue weighted by Gasteiger charge is 2.12. The van der Waals surface area contributed by atoms with Crippen molar-refractivity contribution in [3.8, 4) is 11.9 Å². The Balaban J connectivity index is 1.34. The number of amides is 1. The molecule has 7 heteroatoms. The van der Waals surface area contributed by atoms with E-state index >= 15 is 0 Å². The summed E-state index contributed by atoms with van der Waals surface area (Å²) in [6.07, 6.45) is 7.04. The Labute approximate surface area is 163 Å². The van der Waals surface area contributed by atoms with Crippen molar-refractivity contribution in [2.24, 2.45) is 0 Å². The molecular formula is C21H21N5O2. The lowest BCUT2D eigenvalue weighted by Crippen LogP contribution is -2.18. The molecular weight excluding hydrogens is 354 g/mol. The van der Waals surface area contributed by atoms with Crippen LogP contribution in [0.1, 0.15) is 28.8 Å². The van der Waals surface area contributed by atoms with Gasteiger partial charge in [0.15, 0.2) is 0 Å². The second-order valence-corrected chi connectivity index (χ2v) is 6.66. The van der Waals surface area contributed by atoms with Crippen molar-refractivity contribution in [1.82, 2.24) is 19.9 Å². The predicted octanol–water partition coefficient (Wildman–Crippen LogP) is 3.51. The summed E-state index contributed by atoms with van der Waals surface area (Å²) in [5, 5.41) is 2.86. The molecule has 1 aliphatic heterocycles. The molecule has 3 heterocycles. The molecule has 0 radical (unpaired) electrons. The molecule has 2 aromatic heterocycles. The molecule has 0 atom stereocenters. The van der Waals surface area contributed by atoms with Gasteiger partial charge in [0.05, 0.1) is 5.56 Å². The van der Waals surface area contributed by atoms with Crippen LogP contribution in [-0.2, 0) is 6.54 Å². The van der Waals surface area contributed by atoms with E-state index in [1.54, 1.807) is 24.4 Å².